The van der Waals surface area contributed by atoms with Gasteiger partial charge in [0.1, 0.15) is 19.0 Å². The van der Waals surface area contributed by atoms with Crippen molar-refractivity contribution in [3.05, 3.63) is 83.9 Å². The number of benzene rings is 3. The van der Waals surface area contributed by atoms with E-state index >= 15 is 0 Å². The molecule has 0 aliphatic heterocycles. The standard InChI is InChI=1S/C28H30N2O5/c1-2-33-26-18-22(12-15-25(26)35-17-16-34-24-6-4-3-5-7-24)27(31)29-19-20-8-13-23(14-9-20)30-28(32)21-10-11-21/h3-9,12-15,18,21H,2,10-11,16-17,19H2,1H3,(H,29,31)(H,30,32). The maximum atomic E-state index is 12.7. The van der Waals surface area contributed by atoms with Gasteiger partial charge in [0.15, 0.2) is 11.5 Å². The highest BCUT2D eigenvalue weighted by molar-refractivity contribution is 5.95. The zero-order valence-electron chi connectivity index (χ0n) is 19.8. The number of carbonyl (C=O) groups excluding carboxylic acids is 2. The van der Waals surface area contributed by atoms with Gasteiger partial charge < -0.3 is 24.8 Å². The molecule has 1 fully saturated rings. The number of hydrogen-bond donors (Lipinski definition) is 2. The molecule has 3 aromatic rings. The molecule has 35 heavy (non-hydrogen) atoms. The molecule has 182 valence electrons. The number of ether oxygens (including phenoxy) is 3. The Bertz CT molecular complexity index is 1130. The fourth-order valence-electron chi connectivity index (χ4n) is 3.44. The highest BCUT2D eigenvalue weighted by Gasteiger charge is 2.29. The summed E-state index contributed by atoms with van der Waals surface area (Å²) in [4.78, 5) is 24.6. The summed E-state index contributed by atoms with van der Waals surface area (Å²) in [6, 6.07) is 22.2. The van der Waals surface area contributed by atoms with Crippen molar-refractivity contribution in [2.24, 2.45) is 5.92 Å². The van der Waals surface area contributed by atoms with E-state index in [9.17, 15) is 9.59 Å². The lowest BCUT2D eigenvalue weighted by Crippen LogP contribution is -2.23. The van der Waals surface area contributed by atoms with Gasteiger partial charge in [-0.25, -0.2) is 0 Å². The third-order valence-corrected chi connectivity index (χ3v) is 5.48. The average Bonchev–Trinajstić information content (AvgIpc) is 3.73. The lowest BCUT2D eigenvalue weighted by atomic mass is 10.1. The summed E-state index contributed by atoms with van der Waals surface area (Å²) in [5, 5.41) is 5.83. The molecule has 4 rings (SSSR count). The molecule has 2 N–H and O–H groups in total. The zero-order chi connectivity index (χ0) is 24.5. The average molecular weight is 475 g/mol. The maximum Gasteiger partial charge on any atom is 0.251 e. The molecule has 0 atom stereocenters. The Morgan fingerprint density at radius 2 is 1.60 bits per heavy atom. The van der Waals surface area contributed by atoms with E-state index in [0.717, 1.165) is 29.8 Å². The molecule has 0 heterocycles. The van der Waals surface area contributed by atoms with E-state index in [1.807, 2.05) is 61.5 Å². The molecule has 1 saturated carbocycles. The summed E-state index contributed by atoms with van der Waals surface area (Å²) in [5.74, 6) is 1.88. The molecular formula is C28H30N2O5. The van der Waals surface area contributed by atoms with Crippen LogP contribution in [-0.2, 0) is 11.3 Å². The number of rotatable bonds is 12. The van der Waals surface area contributed by atoms with E-state index in [-0.39, 0.29) is 17.7 Å². The van der Waals surface area contributed by atoms with E-state index in [4.69, 9.17) is 14.2 Å². The van der Waals surface area contributed by atoms with Crippen LogP contribution < -0.4 is 24.8 Å². The van der Waals surface area contributed by atoms with Crippen molar-refractivity contribution in [1.82, 2.24) is 5.32 Å². The molecule has 3 aromatic carbocycles. The highest BCUT2D eigenvalue weighted by atomic mass is 16.5. The van der Waals surface area contributed by atoms with Gasteiger partial charge in [-0.15, -0.1) is 0 Å². The largest absolute Gasteiger partial charge is 0.490 e. The summed E-state index contributed by atoms with van der Waals surface area (Å²) in [5.41, 5.74) is 2.18. The van der Waals surface area contributed by atoms with Crippen molar-refractivity contribution >= 4 is 17.5 Å². The SMILES string of the molecule is CCOc1cc(C(=O)NCc2ccc(NC(=O)C3CC3)cc2)ccc1OCCOc1ccccc1. The number of nitrogens with one attached hydrogen (secondary N) is 2. The van der Waals surface area contributed by atoms with Gasteiger partial charge in [-0.3, -0.25) is 9.59 Å². The smallest absolute Gasteiger partial charge is 0.251 e. The molecule has 7 nitrogen and oxygen atoms in total. The summed E-state index contributed by atoms with van der Waals surface area (Å²) >= 11 is 0. The van der Waals surface area contributed by atoms with Gasteiger partial charge in [-0.2, -0.15) is 0 Å². The van der Waals surface area contributed by atoms with E-state index in [1.54, 1.807) is 18.2 Å². The van der Waals surface area contributed by atoms with E-state index in [2.05, 4.69) is 10.6 Å². The zero-order valence-corrected chi connectivity index (χ0v) is 19.8. The van der Waals surface area contributed by atoms with Crippen molar-refractivity contribution in [2.45, 2.75) is 26.3 Å². The number of amides is 2. The molecule has 1 aliphatic rings. The van der Waals surface area contributed by atoms with Crippen LogP contribution in [0.2, 0.25) is 0 Å². The van der Waals surface area contributed by atoms with Crippen LogP contribution in [0.25, 0.3) is 0 Å². The van der Waals surface area contributed by atoms with Crippen molar-refractivity contribution < 1.29 is 23.8 Å². The Labute approximate surface area is 205 Å². The Hall–Kier alpha value is -4.00. The number of carbonyl (C=O) groups is 2. The first-order chi connectivity index (χ1) is 17.1. The topological polar surface area (TPSA) is 85.9 Å². The molecule has 0 saturated heterocycles. The van der Waals surface area contributed by atoms with E-state index < -0.39 is 0 Å². The third kappa shape index (κ3) is 7.24. The van der Waals surface area contributed by atoms with E-state index in [1.165, 1.54) is 0 Å². The first-order valence-electron chi connectivity index (χ1n) is 11.9. The van der Waals surface area contributed by atoms with Crippen molar-refractivity contribution in [1.29, 1.82) is 0 Å². The fraction of sp³-hybridized carbons (Fsp3) is 0.286. The van der Waals surface area contributed by atoms with Crippen LogP contribution in [0.15, 0.2) is 72.8 Å². The second-order valence-corrected chi connectivity index (χ2v) is 8.25. The van der Waals surface area contributed by atoms with Crippen LogP contribution in [0.4, 0.5) is 5.69 Å². The molecule has 0 radical (unpaired) electrons. The van der Waals surface area contributed by atoms with Crippen molar-refractivity contribution in [3.63, 3.8) is 0 Å². The molecule has 7 heteroatoms. The van der Waals surface area contributed by atoms with Crippen LogP contribution >= 0.6 is 0 Å². The summed E-state index contributed by atoms with van der Waals surface area (Å²) < 4.78 is 17.2. The van der Waals surface area contributed by atoms with Crippen LogP contribution in [0, 0.1) is 5.92 Å². The second-order valence-electron chi connectivity index (χ2n) is 8.25. The van der Waals surface area contributed by atoms with Gasteiger partial charge in [0.25, 0.3) is 5.91 Å². The van der Waals surface area contributed by atoms with E-state index in [0.29, 0.717) is 43.4 Å². The van der Waals surface area contributed by atoms with Gasteiger partial charge in [0, 0.05) is 23.7 Å². The molecular weight excluding hydrogens is 444 g/mol. The Kier molecular flexibility index (Phi) is 8.22. The second kappa shape index (κ2) is 11.9. The minimum absolute atomic E-state index is 0.0762. The van der Waals surface area contributed by atoms with Crippen LogP contribution in [-0.4, -0.2) is 31.6 Å². The lowest BCUT2D eigenvalue weighted by Gasteiger charge is -2.14. The molecule has 0 bridgehead atoms. The molecule has 0 unspecified atom stereocenters. The molecule has 0 spiro atoms. The molecule has 2 amide bonds. The molecule has 1 aliphatic carbocycles. The Balaban J connectivity index is 1.28. The predicted molar refractivity (Wildman–Crippen MR) is 134 cm³/mol. The van der Waals surface area contributed by atoms with Gasteiger partial charge >= 0.3 is 0 Å². The molecule has 0 aromatic heterocycles. The predicted octanol–water partition coefficient (Wildman–Crippen LogP) is 4.82. The summed E-state index contributed by atoms with van der Waals surface area (Å²) in [7, 11) is 0. The van der Waals surface area contributed by atoms with Gasteiger partial charge in [-0.05, 0) is 67.8 Å². The monoisotopic (exact) mass is 474 g/mol. The van der Waals surface area contributed by atoms with Crippen molar-refractivity contribution in [2.75, 3.05) is 25.1 Å². The van der Waals surface area contributed by atoms with Gasteiger partial charge in [0.05, 0.1) is 6.61 Å². The third-order valence-electron chi connectivity index (χ3n) is 5.48. The summed E-state index contributed by atoms with van der Waals surface area (Å²) in [6.45, 7) is 3.44. The number of para-hydroxylation sites is 1. The van der Waals surface area contributed by atoms with Gasteiger partial charge in [0.2, 0.25) is 5.91 Å². The number of anilines is 1. The lowest BCUT2D eigenvalue weighted by molar-refractivity contribution is -0.117. The Morgan fingerprint density at radius 3 is 2.31 bits per heavy atom. The van der Waals surface area contributed by atoms with Crippen LogP contribution in [0.1, 0.15) is 35.7 Å². The van der Waals surface area contributed by atoms with Crippen LogP contribution in [0.3, 0.4) is 0 Å². The normalized spacial score (nSPS) is 12.5. The first-order valence-corrected chi connectivity index (χ1v) is 11.9. The maximum absolute atomic E-state index is 12.7. The fourth-order valence-corrected chi connectivity index (χ4v) is 3.44. The van der Waals surface area contributed by atoms with Crippen molar-refractivity contribution in [3.8, 4) is 17.2 Å². The number of hydrogen-bond acceptors (Lipinski definition) is 5. The van der Waals surface area contributed by atoms with Gasteiger partial charge in [-0.1, -0.05) is 30.3 Å². The Morgan fingerprint density at radius 1 is 0.857 bits per heavy atom. The minimum Gasteiger partial charge on any atom is -0.490 e. The minimum atomic E-state index is -0.212. The first kappa shape index (κ1) is 24.1. The highest BCUT2D eigenvalue weighted by Crippen LogP contribution is 2.30. The summed E-state index contributed by atoms with van der Waals surface area (Å²) in [6.07, 6.45) is 1.94. The van der Waals surface area contributed by atoms with Crippen LogP contribution in [0.5, 0.6) is 17.2 Å². The quantitative estimate of drug-likeness (QED) is 0.368.